The zero-order valence-electron chi connectivity index (χ0n) is 11.5. The maximum atomic E-state index is 13.1. The van der Waals surface area contributed by atoms with E-state index in [4.69, 9.17) is 0 Å². The summed E-state index contributed by atoms with van der Waals surface area (Å²) < 4.78 is 13.1. The summed E-state index contributed by atoms with van der Waals surface area (Å²) in [4.78, 5) is 14.7. The highest BCUT2D eigenvalue weighted by Gasteiger charge is 2.48. The first-order valence-electron chi connectivity index (χ1n) is 7.32. The van der Waals surface area contributed by atoms with E-state index in [-0.39, 0.29) is 24.2 Å². The van der Waals surface area contributed by atoms with Crippen LogP contribution in [0.3, 0.4) is 0 Å². The van der Waals surface area contributed by atoms with E-state index in [0.717, 1.165) is 37.8 Å². The van der Waals surface area contributed by atoms with Gasteiger partial charge in [-0.3, -0.25) is 4.79 Å². The number of hydrogen-bond donors (Lipinski definition) is 1. The number of halogens is 1. The number of aliphatic hydroxyl groups is 1. The Balaban J connectivity index is 1.82. The quantitative estimate of drug-likeness (QED) is 0.919. The zero-order valence-corrected chi connectivity index (χ0v) is 11.5. The van der Waals surface area contributed by atoms with Crippen LogP contribution in [0.4, 0.5) is 4.39 Å². The molecule has 1 aromatic carbocycles. The van der Waals surface area contributed by atoms with Crippen LogP contribution in [0.1, 0.15) is 31.2 Å². The number of carbonyl (C=O) groups excluding carboxylic acids is 1. The molecule has 1 unspecified atom stereocenters. The Kier molecular flexibility index (Phi) is 3.50. The third kappa shape index (κ3) is 2.12. The van der Waals surface area contributed by atoms with E-state index in [0.29, 0.717) is 6.54 Å². The second-order valence-electron chi connectivity index (χ2n) is 6.03. The molecule has 1 heterocycles. The van der Waals surface area contributed by atoms with Gasteiger partial charge in [0.2, 0.25) is 5.91 Å². The van der Waals surface area contributed by atoms with Gasteiger partial charge in [0, 0.05) is 25.6 Å². The third-order valence-corrected chi connectivity index (χ3v) is 4.84. The van der Waals surface area contributed by atoms with Gasteiger partial charge < -0.3 is 10.0 Å². The summed E-state index contributed by atoms with van der Waals surface area (Å²) in [7, 11) is 0. The lowest BCUT2D eigenvalue weighted by atomic mass is 9.63. The van der Waals surface area contributed by atoms with Crippen LogP contribution >= 0.6 is 0 Å². The highest BCUT2D eigenvalue weighted by molar-refractivity contribution is 5.89. The molecule has 0 radical (unpaired) electrons. The fraction of sp³-hybridized carbons (Fsp3) is 0.562. The normalized spacial score (nSPS) is 24.5. The second-order valence-corrected chi connectivity index (χ2v) is 6.03. The van der Waals surface area contributed by atoms with Gasteiger partial charge in [-0.05, 0) is 37.0 Å². The molecular formula is C16H20FNO2. The van der Waals surface area contributed by atoms with Crippen molar-refractivity contribution in [3.8, 4) is 0 Å². The molecule has 0 spiro atoms. The third-order valence-electron chi connectivity index (χ3n) is 4.84. The minimum absolute atomic E-state index is 0.146. The summed E-state index contributed by atoms with van der Waals surface area (Å²) in [6.07, 6.45) is 3.61. The number of aliphatic hydroxyl groups excluding tert-OH is 1. The fourth-order valence-electron chi connectivity index (χ4n) is 3.39. The molecule has 0 bridgehead atoms. The Bertz CT molecular complexity index is 496. The van der Waals surface area contributed by atoms with Crippen molar-refractivity contribution in [3.05, 3.63) is 35.6 Å². The summed E-state index contributed by atoms with van der Waals surface area (Å²) in [6.45, 7) is 1.53. The Labute approximate surface area is 118 Å². The molecule has 2 aliphatic rings. The smallest absolute Gasteiger partial charge is 0.233 e. The Morgan fingerprint density at radius 2 is 2.05 bits per heavy atom. The minimum Gasteiger partial charge on any atom is -0.396 e. The summed E-state index contributed by atoms with van der Waals surface area (Å²) in [5.74, 6) is 0.104. The van der Waals surface area contributed by atoms with Gasteiger partial charge in [-0.25, -0.2) is 4.39 Å². The van der Waals surface area contributed by atoms with Gasteiger partial charge in [-0.1, -0.05) is 18.6 Å². The van der Waals surface area contributed by atoms with E-state index in [9.17, 15) is 14.3 Å². The SMILES string of the molecule is O=C(N1CCC(CO)C1)C1(c2ccc(F)cc2)CCC1. The van der Waals surface area contributed by atoms with Crippen molar-refractivity contribution in [3.63, 3.8) is 0 Å². The van der Waals surface area contributed by atoms with Crippen molar-refractivity contribution in [1.29, 1.82) is 0 Å². The van der Waals surface area contributed by atoms with E-state index in [1.54, 1.807) is 12.1 Å². The van der Waals surface area contributed by atoms with E-state index < -0.39 is 5.41 Å². The van der Waals surface area contributed by atoms with Crippen molar-refractivity contribution >= 4 is 5.91 Å². The Morgan fingerprint density at radius 3 is 2.55 bits per heavy atom. The standard InChI is InChI=1S/C16H20FNO2/c17-14-4-2-13(3-5-14)16(7-1-8-16)15(20)18-9-6-12(10-18)11-19/h2-5,12,19H,1,6-11H2. The van der Waals surface area contributed by atoms with Crippen LogP contribution in [0.2, 0.25) is 0 Å². The van der Waals surface area contributed by atoms with Gasteiger partial charge in [0.25, 0.3) is 0 Å². The largest absolute Gasteiger partial charge is 0.396 e. The number of amides is 1. The van der Waals surface area contributed by atoms with Gasteiger partial charge in [0.15, 0.2) is 0 Å². The van der Waals surface area contributed by atoms with Crippen molar-refractivity contribution in [1.82, 2.24) is 4.90 Å². The van der Waals surface area contributed by atoms with Crippen molar-refractivity contribution in [2.45, 2.75) is 31.1 Å². The van der Waals surface area contributed by atoms with E-state index in [2.05, 4.69) is 0 Å². The number of rotatable bonds is 3. The molecule has 1 aliphatic heterocycles. The number of benzene rings is 1. The zero-order chi connectivity index (χ0) is 14.2. The molecule has 20 heavy (non-hydrogen) atoms. The lowest BCUT2D eigenvalue weighted by Gasteiger charge is -2.43. The molecule has 1 amide bonds. The summed E-state index contributed by atoms with van der Waals surface area (Å²) >= 11 is 0. The molecule has 1 saturated heterocycles. The highest BCUT2D eigenvalue weighted by Crippen LogP contribution is 2.45. The predicted molar refractivity (Wildman–Crippen MR) is 73.7 cm³/mol. The van der Waals surface area contributed by atoms with Gasteiger partial charge in [0.05, 0.1) is 5.41 Å². The van der Waals surface area contributed by atoms with Crippen LogP contribution in [-0.2, 0) is 10.2 Å². The van der Waals surface area contributed by atoms with Crippen LogP contribution in [0, 0.1) is 11.7 Å². The minimum atomic E-state index is -0.446. The van der Waals surface area contributed by atoms with Crippen molar-refractivity contribution in [2.75, 3.05) is 19.7 Å². The summed E-state index contributed by atoms with van der Waals surface area (Å²) in [5.41, 5.74) is 0.487. The van der Waals surface area contributed by atoms with Crippen LogP contribution < -0.4 is 0 Å². The van der Waals surface area contributed by atoms with E-state index in [1.165, 1.54) is 12.1 Å². The van der Waals surface area contributed by atoms with Crippen LogP contribution in [-0.4, -0.2) is 35.6 Å². The highest BCUT2D eigenvalue weighted by atomic mass is 19.1. The predicted octanol–water partition coefficient (Wildman–Crippen LogP) is 2.09. The van der Waals surface area contributed by atoms with Gasteiger partial charge in [-0.2, -0.15) is 0 Å². The maximum absolute atomic E-state index is 13.1. The first kappa shape index (κ1) is 13.6. The molecule has 108 valence electrons. The van der Waals surface area contributed by atoms with Crippen molar-refractivity contribution < 1.29 is 14.3 Å². The van der Waals surface area contributed by atoms with Crippen LogP contribution in [0.15, 0.2) is 24.3 Å². The Hall–Kier alpha value is -1.42. The van der Waals surface area contributed by atoms with E-state index in [1.807, 2.05) is 4.90 Å². The number of hydrogen-bond acceptors (Lipinski definition) is 2. The monoisotopic (exact) mass is 277 g/mol. The molecule has 1 N–H and O–H groups in total. The van der Waals surface area contributed by atoms with Crippen LogP contribution in [0.25, 0.3) is 0 Å². The molecule has 1 saturated carbocycles. The second kappa shape index (κ2) is 5.17. The fourth-order valence-corrected chi connectivity index (χ4v) is 3.39. The lowest BCUT2D eigenvalue weighted by molar-refractivity contribution is -0.140. The Morgan fingerprint density at radius 1 is 1.35 bits per heavy atom. The molecule has 1 atom stereocenters. The maximum Gasteiger partial charge on any atom is 0.233 e. The van der Waals surface area contributed by atoms with Crippen LogP contribution in [0.5, 0.6) is 0 Å². The lowest BCUT2D eigenvalue weighted by Crippen LogP contribution is -2.50. The summed E-state index contributed by atoms with van der Waals surface area (Å²) in [6, 6.07) is 6.35. The first-order valence-corrected chi connectivity index (χ1v) is 7.32. The molecule has 1 aromatic rings. The van der Waals surface area contributed by atoms with Gasteiger partial charge in [0.1, 0.15) is 5.82 Å². The molecule has 1 aliphatic carbocycles. The average Bonchev–Trinajstić information content (AvgIpc) is 2.88. The molecule has 0 aromatic heterocycles. The molecular weight excluding hydrogens is 257 g/mol. The topological polar surface area (TPSA) is 40.5 Å². The number of likely N-dealkylation sites (tertiary alicyclic amines) is 1. The molecule has 2 fully saturated rings. The average molecular weight is 277 g/mol. The van der Waals surface area contributed by atoms with Gasteiger partial charge >= 0.3 is 0 Å². The molecule has 4 heteroatoms. The molecule has 3 nitrogen and oxygen atoms in total. The van der Waals surface area contributed by atoms with Gasteiger partial charge in [-0.15, -0.1) is 0 Å². The molecule has 3 rings (SSSR count). The number of carbonyl (C=O) groups is 1. The van der Waals surface area contributed by atoms with E-state index >= 15 is 0 Å². The van der Waals surface area contributed by atoms with Crippen molar-refractivity contribution in [2.24, 2.45) is 5.92 Å². The number of nitrogens with zero attached hydrogens (tertiary/aromatic N) is 1. The first-order chi connectivity index (χ1) is 9.65. The summed E-state index contributed by atoms with van der Waals surface area (Å²) in [5, 5.41) is 9.21.